The van der Waals surface area contributed by atoms with Crippen LogP contribution >= 0.6 is 0 Å². The smallest absolute Gasteiger partial charge is 0.122 e. The summed E-state index contributed by atoms with van der Waals surface area (Å²) in [6, 6.07) is 14.4. The molecule has 0 unspecified atom stereocenters. The SMILES string of the molecule is CCn1cc(COc2ccccc2C)c2cccc(CN)c21. The molecule has 3 heteroatoms. The molecule has 0 fully saturated rings. The van der Waals surface area contributed by atoms with Gasteiger partial charge in [-0.3, -0.25) is 0 Å². The second-order valence-corrected chi connectivity index (χ2v) is 5.51. The summed E-state index contributed by atoms with van der Waals surface area (Å²) in [4.78, 5) is 0. The number of hydrogen-bond donors (Lipinski definition) is 1. The number of benzene rings is 2. The molecule has 3 aromatic rings. The number of aryl methyl sites for hydroxylation is 2. The normalized spacial score (nSPS) is 11.0. The van der Waals surface area contributed by atoms with Crippen LogP contribution in [0.1, 0.15) is 23.6 Å². The van der Waals surface area contributed by atoms with Crippen LogP contribution < -0.4 is 10.5 Å². The molecule has 0 aliphatic carbocycles. The van der Waals surface area contributed by atoms with Crippen molar-refractivity contribution in [1.82, 2.24) is 4.57 Å². The first-order valence-corrected chi connectivity index (χ1v) is 7.72. The molecule has 0 amide bonds. The highest BCUT2D eigenvalue weighted by Crippen LogP contribution is 2.26. The van der Waals surface area contributed by atoms with Gasteiger partial charge in [-0.15, -0.1) is 0 Å². The summed E-state index contributed by atoms with van der Waals surface area (Å²) in [5, 5.41) is 1.23. The number of rotatable bonds is 5. The molecule has 1 aromatic heterocycles. The molecule has 0 aliphatic heterocycles. The zero-order chi connectivity index (χ0) is 15.5. The van der Waals surface area contributed by atoms with Gasteiger partial charge in [-0.25, -0.2) is 0 Å². The number of aromatic nitrogens is 1. The predicted octanol–water partition coefficient (Wildman–Crippen LogP) is 4.01. The maximum Gasteiger partial charge on any atom is 0.122 e. The van der Waals surface area contributed by atoms with Gasteiger partial charge >= 0.3 is 0 Å². The van der Waals surface area contributed by atoms with Crippen molar-refractivity contribution in [1.29, 1.82) is 0 Å². The van der Waals surface area contributed by atoms with Crippen molar-refractivity contribution >= 4 is 10.9 Å². The quantitative estimate of drug-likeness (QED) is 0.772. The van der Waals surface area contributed by atoms with Gasteiger partial charge in [-0.05, 0) is 31.0 Å². The Morgan fingerprint density at radius 3 is 2.59 bits per heavy atom. The van der Waals surface area contributed by atoms with Crippen LogP contribution in [0.2, 0.25) is 0 Å². The summed E-state index contributed by atoms with van der Waals surface area (Å²) in [7, 11) is 0. The third-order valence-electron chi connectivity index (χ3n) is 4.10. The molecule has 0 bridgehead atoms. The highest BCUT2D eigenvalue weighted by atomic mass is 16.5. The Hall–Kier alpha value is -2.26. The zero-order valence-electron chi connectivity index (χ0n) is 13.2. The van der Waals surface area contributed by atoms with Crippen LogP contribution in [0.3, 0.4) is 0 Å². The number of ether oxygens (including phenoxy) is 1. The van der Waals surface area contributed by atoms with E-state index in [1.165, 1.54) is 22.0 Å². The van der Waals surface area contributed by atoms with Gasteiger partial charge in [-0.1, -0.05) is 36.4 Å². The number of fused-ring (bicyclic) bond motifs is 1. The van der Waals surface area contributed by atoms with Crippen molar-refractivity contribution in [3.05, 3.63) is 65.4 Å². The fraction of sp³-hybridized carbons (Fsp3) is 0.263. The second-order valence-electron chi connectivity index (χ2n) is 5.51. The van der Waals surface area contributed by atoms with E-state index in [0.717, 1.165) is 17.9 Å². The summed E-state index contributed by atoms with van der Waals surface area (Å²) in [5.74, 6) is 0.940. The van der Waals surface area contributed by atoms with Gasteiger partial charge in [0.1, 0.15) is 12.4 Å². The first kappa shape index (κ1) is 14.7. The van der Waals surface area contributed by atoms with E-state index in [1.807, 2.05) is 18.2 Å². The fourth-order valence-electron chi connectivity index (χ4n) is 2.91. The van der Waals surface area contributed by atoms with E-state index in [2.05, 4.69) is 48.9 Å². The van der Waals surface area contributed by atoms with Gasteiger partial charge in [0.25, 0.3) is 0 Å². The molecular weight excluding hydrogens is 272 g/mol. The van der Waals surface area contributed by atoms with E-state index in [0.29, 0.717) is 13.2 Å². The molecule has 22 heavy (non-hydrogen) atoms. The van der Waals surface area contributed by atoms with E-state index < -0.39 is 0 Å². The Kier molecular flexibility index (Phi) is 4.16. The summed E-state index contributed by atoms with van der Waals surface area (Å²) < 4.78 is 8.28. The lowest BCUT2D eigenvalue weighted by Gasteiger charge is -2.08. The lowest BCUT2D eigenvalue weighted by molar-refractivity contribution is 0.305. The van der Waals surface area contributed by atoms with Crippen LogP contribution in [-0.4, -0.2) is 4.57 Å². The first-order chi connectivity index (χ1) is 10.7. The number of para-hydroxylation sites is 2. The van der Waals surface area contributed by atoms with Crippen LogP contribution in [0, 0.1) is 6.92 Å². The van der Waals surface area contributed by atoms with Crippen molar-refractivity contribution < 1.29 is 4.74 Å². The first-order valence-electron chi connectivity index (χ1n) is 7.72. The summed E-state index contributed by atoms with van der Waals surface area (Å²) in [6.45, 7) is 6.27. The van der Waals surface area contributed by atoms with Gasteiger partial charge in [0.2, 0.25) is 0 Å². The lowest BCUT2D eigenvalue weighted by Crippen LogP contribution is -2.00. The van der Waals surface area contributed by atoms with E-state index in [1.54, 1.807) is 0 Å². The molecule has 0 saturated carbocycles. The highest BCUT2D eigenvalue weighted by Gasteiger charge is 2.11. The Bertz CT molecular complexity index is 789. The van der Waals surface area contributed by atoms with Crippen LogP contribution in [0.15, 0.2) is 48.7 Å². The van der Waals surface area contributed by atoms with Gasteiger partial charge in [0, 0.05) is 30.2 Å². The Balaban J connectivity index is 1.96. The van der Waals surface area contributed by atoms with Crippen molar-refractivity contribution in [3.63, 3.8) is 0 Å². The maximum absolute atomic E-state index is 6.02. The van der Waals surface area contributed by atoms with E-state index in [9.17, 15) is 0 Å². The molecule has 0 atom stereocenters. The molecule has 3 nitrogen and oxygen atoms in total. The predicted molar refractivity (Wildman–Crippen MR) is 91.0 cm³/mol. The molecule has 0 saturated heterocycles. The largest absolute Gasteiger partial charge is 0.489 e. The van der Waals surface area contributed by atoms with Gasteiger partial charge in [0.05, 0.1) is 5.52 Å². The third-order valence-corrected chi connectivity index (χ3v) is 4.10. The molecule has 1 heterocycles. The average Bonchev–Trinajstić information content (AvgIpc) is 2.92. The molecular formula is C19H22N2O. The Labute approximate surface area is 131 Å². The molecule has 3 rings (SSSR count). The standard InChI is InChI=1S/C19H22N2O/c1-3-21-12-16(13-22-18-10-5-4-7-14(18)2)17-9-6-8-15(11-20)19(17)21/h4-10,12H,3,11,13,20H2,1-2H3. The number of nitrogens with two attached hydrogens (primary N) is 1. The van der Waals surface area contributed by atoms with Gasteiger partial charge in [0.15, 0.2) is 0 Å². The van der Waals surface area contributed by atoms with E-state index >= 15 is 0 Å². The molecule has 0 spiro atoms. The van der Waals surface area contributed by atoms with Crippen LogP contribution in [-0.2, 0) is 19.7 Å². The molecule has 2 N–H and O–H groups in total. The minimum absolute atomic E-state index is 0.555. The minimum atomic E-state index is 0.555. The van der Waals surface area contributed by atoms with E-state index in [-0.39, 0.29) is 0 Å². The molecule has 0 aliphatic rings. The summed E-state index contributed by atoms with van der Waals surface area (Å²) in [6.07, 6.45) is 2.18. The monoisotopic (exact) mass is 294 g/mol. The number of hydrogen-bond acceptors (Lipinski definition) is 2. The highest BCUT2D eigenvalue weighted by molar-refractivity contribution is 5.86. The van der Waals surface area contributed by atoms with Crippen molar-refractivity contribution in [2.24, 2.45) is 5.73 Å². The lowest BCUT2D eigenvalue weighted by atomic mass is 10.1. The topological polar surface area (TPSA) is 40.2 Å². The Morgan fingerprint density at radius 2 is 1.86 bits per heavy atom. The Morgan fingerprint density at radius 1 is 1.05 bits per heavy atom. The van der Waals surface area contributed by atoms with Crippen LogP contribution in [0.5, 0.6) is 5.75 Å². The van der Waals surface area contributed by atoms with E-state index in [4.69, 9.17) is 10.5 Å². The molecule has 2 aromatic carbocycles. The zero-order valence-corrected chi connectivity index (χ0v) is 13.2. The summed E-state index contributed by atoms with van der Waals surface area (Å²) >= 11 is 0. The third kappa shape index (κ3) is 2.60. The minimum Gasteiger partial charge on any atom is -0.489 e. The van der Waals surface area contributed by atoms with Crippen molar-refractivity contribution in [2.45, 2.75) is 33.5 Å². The van der Waals surface area contributed by atoms with Crippen LogP contribution in [0.4, 0.5) is 0 Å². The van der Waals surface area contributed by atoms with Gasteiger partial charge < -0.3 is 15.0 Å². The average molecular weight is 294 g/mol. The second kappa shape index (κ2) is 6.24. The molecule has 0 radical (unpaired) electrons. The summed E-state index contributed by atoms with van der Waals surface area (Å²) in [5.41, 5.74) is 10.7. The van der Waals surface area contributed by atoms with Crippen molar-refractivity contribution in [3.8, 4) is 5.75 Å². The maximum atomic E-state index is 6.02. The fourth-order valence-corrected chi connectivity index (χ4v) is 2.91. The molecule has 114 valence electrons. The van der Waals surface area contributed by atoms with Crippen molar-refractivity contribution in [2.75, 3.05) is 0 Å². The van der Waals surface area contributed by atoms with Gasteiger partial charge in [-0.2, -0.15) is 0 Å². The van der Waals surface area contributed by atoms with Crippen LogP contribution in [0.25, 0.3) is 10.9 Å². The number of nitrogens with zero attached hydrogens (tertiary/aromatic N) is 1.